The zero-order chi connectivity index (χ0) is 29.6. The monoisotopic (exact) mass is 690 g/mol. The summed E-state index contributed by atoms with van der Waals surface area (Å²) in [4.78, 5) is 9.52. The summed E-state index contributed by atoms with van der Waals surface area (Å²) < 4.78 is 2.15. The molecule has 0 spiro atoms. The van der Waals surface area contributed by atoms with Crippen LogP contribution < -0.4 is 0 Å². The molecule has 2 nitrogen and oxygen atoms in total. The maximum Gasteiger partial charge on any atom is 0.0708 e. The number of aromatic nitrogens is 2. The van der Waals surface area contributed by atoms with Crippen LogP contribution in [0.15, 0.2) is 155 Å². The van der Waals surface area contributed by atoms with Crippen LogP contribution in [0, 0.1) is 0 Å². The zero-order valence-electron chi connectivity index (χ0n) is 23.5. The average molecular weight is 692 g/mol. The minimum atomic E-state index is 0.931. The second kappa shape index (κ2) is 11.1. The Morgan fingerprint density at radius 3 is 1.11 bits per heavy atom. The molecule has 0 aliphatic heterocycles. The fourth-order valence-corrected chi connectivity index (χ4v) is 6.69. The quantitative estimate of drug-likeness (QED) is 0.172. The van der Waals surface area contributed by atoms with Gasteiger partial charge in [0.25, 0.3) is 0 Å². The molecule has 0 saturated heterocycles. The molecule has 6 aromatic carbocycles. The highest BCUT2D eigenvalue weighted by Crippen LogP contribution is 2.43. The highest BCUT2D eigenvalue weighted by molar-refractivity contribution is 9.10. The Kier molecular flexibility index (Phi) is 6.82. The van der Waals surface area contributed by atoms with Crippen LogP contribution in [0.3, 0.4) is 0 Å². The van der Waals surface area contributed by atoms with Crippen LogP contribution in [0.5, 0.6) is 0 Å². The molecule has 0 saturated carbocycles. The molecule has 0 radical (unpaired) electrons. The predicted molar refractivity (Wildman–Crippen MR) is 192 cm³/mol. The van der Waals surface area contributed by atoms with E-state index >= 15 is 0 Å². The Morgan fingerprint density at radius 1 is 0.341 bits per heavy atom. The van der Waals surface area contributed by atoms with E-state index in [1.165, 1.54) is 54.6 Å². The van der Waals surface area contributed by atoms with Crippen LogP contribution in [0.2, 0.25) is 0 Å². The van der Waals surface area contributed by atoms with Crippen LogP contribution in [0.25, 0.3) is 77.1 Å². The average Bonchev–Trinajstić information content (AvgIpc) is 3.09. The summed E-state index contributed by atoms with van der Waals surface area (Å²) in [5.41, 5.74) is 8.76. The van der Waals surface area contributed by atoms with Crippen molar-refractivity contribution < 1.29 is 0 Å². The molecule has 8 rings (SSSR count). The van der Waals surface area contributed by atoms with Crippen LogP contribution in [0.4, 0.5) is 0 Å². The molecule has 208 valence electrons. The van der Waals surface area contributed by atoms with E-state index in [4.69, 9.17) is 9.97 Å². The number of nitrogens with zero attached hydrogens (tertiary/aromatic N) is 2. The number of benzene rings is 6. The molecule has 0 unspecified atom stereocenters. The second-order valence-corrected chi connectivity index (χ2v) is 12.7. The van der Waals surface area contributed by atoms with E-state index in [0.29, 0.717) is 0 Å². The topological polar surface area (TPSA) is 25.8 Å². The van der Waals surface area contributed by atoms with Gasteiger partial charge in [0, 0.05) is 32.5 Å². The molecule has 2 aromatic heterocycles. The number of hydrogen-bond donors (Lipinski definition) is 0. The molecule has 0 amide bonds. The van der Waals surface area contributed by atoms with E-state index in [1.54, 1.807) is 0 Å². The van der Waals surface area contributed by atoms with Crippen molar-refractivity contribution in [2.24, 2.45) is 0 Å². The fourth-order valence-electron chi connectivity index (χ4n) is 6.16. The number of halogens is 2. The molecular formula is C40H24Br2N2. The standard InChI is InChI=1S/C40H24Br2N2/c41-29-13-7-25(8-14-29)27-11-17-31-33(21-27)34-22-28(26-9-15-30(42)16-10-26)12-18-32(34)36-24-38(40-6-2-4-20-44-40)37(23-35(31)36)39-5-1-3-19-43-39/h1-24H. The largest absolute Gasteiger partial charge is 0.256 e. The number of rotatable bonds is 4. The molecule has 4 heteroatoms. The summed E-state index contributed by atoms with van der Waals surface area (Å²) >= 11 is 7.18. The Morgan fingerprint density at radius 2 is 0.727 bits per heavy atom. The molecule has 0 bridgehead atoms. The number of hydrogen-bond acceptors (Lipinski definition) is 2. The molecule has 8 aromatic rings. The van der Waals surface area contributed by atoms with Crippen LogP contribution >= 0.6 is 31.9 Å². The predicted octanol–water partition coefficient (Wildman–Crippen LogP) is 12.1. The van der Waals surface area contributed by atoms with Crippen LogP contribution in [0.1, 0.15) is 0 Å². The molecule has 0 atom stereocenters. The Bertz CT molecular complexity index is 2150. The lowest BCUT2D eigenvalue weighted by Gasteiger charge is -2.17. The maximum atomic E-state index is 4.76. The van der Waals surface area contributed by atoms with E-state index in [1.807, 2.05) is 36.7 Å². The van der Waals surface area contributed by atoms with Gasteiger partial charge in [-0.3, -0.25) is 9.97 Å². The first-order valence-corrected chi connectivity index (χ1v) is 16.0. The fraction of sp³-hybridized carbons (Fsp3) is 0. The smallest absolute Gasteiger partial charge is 0.0708 e. The first-order chi connectivity index (χ1) is 21.6. The van der Waals surface area contributed by atoms with Gasteiger partial charge in [0.1, 0.15) is 0 Å². The van der Waals surface area contributed by atoms with Gasteiger partial charge in [0.15, 0.2) is 0 Å². The van der Waals surface area contributed by atoms with Gasteiger partial charge in [0.2, 0.25) is 0 Å². The summed E-state index contributed by atoms with van der Waals surface area (Å²) in [7, 11) is 0. The van der Waals surface area contributed by atoms with Gasteiger partial charge in [0.05, 0.1) is 11.4 Å². The van der Waals surface area contributed by atoms with Gasteiger partial charge in [-0.15, -0.1) is 0 Å². The van der Waals surface area contributed by atoms with Crippen molar-refractivity contribution in [2.45, 2.75) is 0 Å². The van der Waals surface area contributed by atoms with E-state index in [2.05, 4.69) is 141 Å². The minimum absolute atomic E-state index is 0.931. The lowest BCUT2D eigenvalue weighted by molar-refractivity contribution is 1.30. The molecule has 0 aliphatic carbocycles. The molecule has 44 heavy (non-hydrogen) atoms. The third-order valence-electron chi connectivity index (χ3n) is 8.30. The lowest BCUT2D eigenvalue weighted by Crippen LogP contribution is -1.93. The van der Waals surface area contributed by atoms with Gasteiger partial charge in [-0.2, -0.15) is 0 Å². The molecule has 0 N–H and O–H groups in total. The Hall–Kier alpha value is -4.64. The summed E-state index contributed by atoms with van der Waals surface area (Å²) in [5.74, 6) is 0. The molecular weight excluding hydrogens is 668 g/mol. The highest BCUT2D eigenvalue weighted by atomic mass is 79.9. The maximum absolute atomic E-state index is 4.76. The van der Waals surface area contributed by atoms with E-state index in [0.717, 1.165) is 31.5 Å². The van der Waals surface area contributed by atoms with Crippen molar-refractivity contribution in [1.29, 1.82) is 0 Å². The van der Waals surface area contributed by atoms with Crippen molar-refractivity contribution in [3.63, 3.8) is 0 Å². The first-order valence-electron chi connectivity index (χ1n) is 14.4. The Labute approximate surface area is 272 Å². The second-order valence-electron chi connectivity index (χ2n) is 10.9. The summed E-state index contributed by atoms with van der Waals surface area (Å²) in [6.07, 6.45) is 3.71. The zero-order valence-corrected chi connectivity index (χ0v) is 26.7. The third kappa shape index (κ3) is 4.81. The molecule has 0 aliphatic rings. The third-order valence-corrected chi connectivity index (χ3v) is 9.36. The normalized spacial score (nSPS) is 11.4. The van der Waals surface area contributed by atoms with E-state index < -0.39 is 0 Å². The number of fused-ring (bicyclic) bond motifs is 6. The van der Waals surface area contributed by atoms with Crippen molar-refractivity contribution in [2.75, 3.05) is 0 Å². The van der Waals surface area contributed by atoms with Gasteiger partial charge in [-0.1, -0.05) is 92.5 Å². The summed E-state index contributed by atoms with van der Waals surface area (Å²) in [6, 6.07) is 47.6. The van der Waals surface area contributed by atoms with Crippen molar-refractivity contribution in [3.8, 4) is 44.8 Å². The first kappa shape index (κ1) is 26.9. The minimum Gasteiger partial charge on any atom is -0.256 e. The Balaban J connectivity index is 1.49. The van der Waals surface area contributed by atoms with Crippen molar-refractivity contribution in [1.82, 2.24) is 9.97 Å². The van der Waals surface area contributed by atoms with E-state index in [9.17, 15) is 0 Å². The van der Waals surface area contributed by atoms with Crippen LogP contribution in [-0.4, -0.2) is 9.97 Å². The highest BCUT2D eigenvalue weighted by Gasteiger charge is 2.17. The van der Waals surface area contributed by atoms with Crippen LogP contribution in [-0.2, 0) is 0 Å². The van der Waals surface area contributed by atoms with Gasteiger partial charge >= 0.3 is 0 Å². The summed E-state index contributed by atoms with van der Waals surface area (Å²) in [6.45, 7) is 0. The van der Waals surface area contributed by atoms with Crippen molar-refractivity contribution in [3.05, 3.63) is 155 Å². The lowest BCUT2D eigenvalue weighted by atomic mass is 9.87. The van der Waals surface area contributed by atoms with Gasteiger partial charge in [-0.25, -0.2) is 0 Å². The number of pyridine rings is 2. The molecule has 2 heterocycles. The SMILES string of the molecule is Brc1ccc(-c2ccc3c(c2)c2cc(-c4ccc(Br)cc4)ccc2c2cc(-c4ccccn4)c(-c4ccccn4)cc32)cc1. The van der Waals surface area contributed by atoms with Gasteiger partial charge < -0.3 is 0 Å². The van der Waals surface area contributed by atoms with Crippen molar-refractivity contribution >= 4 is 64.2 Å². The van der Waals surface area contributed by atoms with E-state index in [-0.39, 0.29) is 0 Å². The molecule has 0 fully saturated rings. The van der Waals surface area contributed by atoms with Gasteiger partial charge in [-0.05, 0) is 127 Å². The summed E-state index contributed by atoms with van der Waals surface area (Å²) in [5, 5.41) is 7.28.